The van der Waals surface area contributed by atoms with E-state index in [0.717, 1.165) is 23.6 Å². The lowest BCUT2D eigenvalue weighted by Gasteiger charge is -2.27. The van der Waals surface area contributed by atoms with Gasteiger partial charge in [0.2, 0.25) is 0 Å². The largest absolute Gasteiger partial charge is 0.490 e. The van der Waals surface area contributed by atoms with Gasteiger partial charge >= 0.3 is 0 Å². The fourth-order valence-electron chi connectivity index (χ4n) is 4.12. The van der Waals surface area contributed by atoms with Crippen molar-refractivity contribution in [3.05, 3.63) is 102 Å². The van der Waals surface area contributed by atoms with Gasteiger partial charge in [0.15, 0.2) is 11.5 Å². The Bertz CT molecular complexity index is 964. The lowest BCUT2D eigenvalue weighted by Crippen LogP contribution is -2.30. The van der Waals surface area contributed by atoms with Crippen molar-refractivity contribution in [3.63, 3.8) is 0 Å². The summed E-state index contributed by atoms with van der Waals surface area (Å²) in [6.45, 7) is 6.43. The van der Waals surface area contributed by atoms with E-state index in [4.69, 9.17) is 14.2 Å². The number of ether oxygens (including phenoxy) is 3. The Morgan fingerprint density at radius 1 is 0.938 bits per heavy atom. The second-order valence-electron chi connectivity index (χ2n) is 7.86. The Hall–Kier alpha value is -3.08. The van der Waals surface area contributed by atoms with Crippen LogP contribution in [0.15, 0.2) is 84.9 Å². The summed E-state index contributed by atoms with van der Waals surface area (Å²) in [6, 6.07) is 27.4. The molecule has 4 rings (SSSR count). The quantitative estimate of drug-likeness (QED) is 0.421. The monoisotopic (exact) mass is 429 g/mol. The summed E-state index contributed by atoms with van der Waals surface area (Å²) in [5, 5.41) is 0. The molecule has 3 aromatic rings. The Balaban J connectivity index is 1.47. The van der Waals surface area contributed by atoms with Crippen molar-refractivity contribution in [2.24, 2.45) is 0 Å². The normalized spacial score (nSPS) is 16.7. The van der Waals surface area contributed by atoms with E-state index in [2.05, 4.69) is 71.6 Å². The zero-order valence-corrected chi connectivity index (χ0v) is 18.8. The van der Waals surface area contributed by atoms with E-state index in [1.165, 1.54) is 11.1 Å². The maximum atomic E-state index is 6.19. The molecule has 0 bridgehead atoms. The van der Waals surface area contributed by atoms with Gasteiger partial charge in [-0.2, -0.15) is 0 Å². The second-order valence-corrected chi connectivity index (χ2v) is 7.86. The Morgan fingerprint density at radius 2 is 1.62 bits per heavy atom. The molecule has 32 heavy (non-hydrogen) atoms. The fraction of sp³-hybridized carbons (Fsp3) is 0.286. The smallest absolute Gasteiger partial charge is 0.161 e. The molecular formula is C28H31NO3. The van der Waals surface area contributed by atoms with E-state index in [0.29, 0.717) is 19.9 Å². The Morgan fingerprint density at radius 3 is 2.25 bits per heavy atom. The lowest BCUT2D eigenvalue weighted by molar-refractivity contribution is 0.0543. The van der Waals surface area contributed by atoms with Crippen LogP contribution in [0.3, 0.4) is 0 Å². The summed E-state index contributed by atoms with van der Waals surface area (Å²) in [7, 11) is 0. The number of hydrogen-bond donors (Lipinski definition) is 0. The Kier molecular flexibility index (Phi) is 7.59. The van der Waals surface area contributed by atoms with Gasteiger partial charge in [-0.15, -0.1) is 0 Å². The van der Waals surface area contributed by atoms with E-state index in [1.54, 1.807) is 0 Å². The molecule has 0 spiro atoms. The summed E-state index contributed by atoms with van der Waals surface area (Å²) >= 11 is 0. The molecule has 4 nitrogen and oxygen atoms in total. The average molecular weight is 430 g/mol. The summed E-state index contributed by atoms with van der Waals surface area (Å²) in [6.07, 6.45) is 4.07. The molecule has 0 saturated carbocycles. The molecule has 0 amide bonds. The van der Waals surface area contributed by atoms with Gasteiger partial charge in [0.05, 0.1) is 12.6 Å². The van der Waals surface area contributed by atoms with Crippen molar-refractivity contribution in [2.45, 2.75) is 26.0 Å². The van der Waals surface area contributed by atoms with Gasteiger partial charge in [-0.1, -0.05) is 78.9 Å². The first-order chi connectivity index (χ1) is 15.8. The van der Waals surface area contributed by atoms with Crippen molar-refractivity contribution in [3.8, 4) is 11.5 Å². The maximum Gasteiger partial charge on any atom is 0.161 e. The van der Waals surface area contributed by atoms with Crippen molar-refractivity contribution in [2.75, 3.05) is 26.5 Å². The highest BCUT2D eigenvalue weighted by Crippen LogP contribution is 2.33. The first kappa shape index (κ1) is 22.1. The topological polar surface area (TPSA) is 30.9 Å². The van der Waals surface area contributed by atoms with E-state index >= 15 is 0 Å². The predicted octanol–water partition coefficient (Wildman–Crippen LogP) is 5.95. The van der Waals surface area contributed by atoms with Gasteiger partial charge in [-0.05, 0) is 42.7 Å². The SMILES string of the molecule is CC=Cc1ccc(OCC)c(OCC2CN(C(c3ccccc3)c3ccccc3)CO2)c1. The third-order valence-electron chi connectivity index (χ3n) is 5.56. The van der Waals surface area contributed by atoms with Crippen LogP contribution in [0, 0.1) is 0 Å². The number of hydrogen-bond acceptors (Lipinski definition) is 4. The molecule has 1 atom stereocenters. The molecule has 1 aliphatic heterocycles. The van der Waals surface area contributed by atoms with Crippen molar-refractivity contribution < 1.29 is 14.2 Å². The molecule has 0 aliphatic carbocycles. The van der Waals surface area contributed by atoms with Crippen LogP contribution in [0.4, 0.5) is 0 Å². The minimum atomic E-state index is -0.00947. The molecule has 1 fully saturated rings. The average Bonchev–Trinajstić information content (AvgIpc) is 3.29. The van der Waals surface area contributed by atoms with Crippen LogP contribution in [-0.4, -0.2) is 37.5 Å². The minimum absolute atomic E-state index is 0.00947. The molecule has 3 aromatic carbocycles. The van der Waals surface area contributed by atoms with Gasteiger partial charge in [-0.25, -0.2) is 0 Å². The molecule has 1 aliphatic rings. The van der Waals surface area contributed by atoms with Crippen molar-refractivity contribution >= 4 is 6.08 Å². The van der Waals surface area contributed by atoms with Gasteiger partial charge in [0.25, 0.3) is 0 Å². The van der Waals surface area contributed by atoms with Gasteiger partial charge in [-0.3, -0.25) is 4.90 Å². The summed E-state index contributed by atoms with van der Waals surface area (Å²) in [5.74, 6) is 1.52. The van der Waals surface area contributed by atoms with E-state index in [1.807, 2.05) is 38.1 Å². The first-order valence-electron chi connectivity index (χ1n) is 11.3. The summed E-state index contributed by atoms with van der Waals surface area (Å²) in [4.78, 5) is 2.37. The lowest BCUT2D eigenvalue weighted by atomic mass is 9.97. The molecule has 0 radical (unpaired) electrons. The highest BCUT2D eigenvalue weighted by molar-refractivity contribution is 5.55. The zero-order valence-electron chi connectivity index (χ0n) is 18.8. The van der Waals surface area contributed by atoms with E-state index in [9.17, 15) is 0 Å². The van der Waals surface area contributed by atoms with Crippen LogP contribution in [0.25, 0.3) is 6.08 Å². The summed E-state index contributed by atoms with van der Waals surface area (Å²) in [5.41, 5.74) is 3.62. The van der Waals surface area contributed by atoms with Crippen LogP contribution in [0.2, 0.25) is 0 Å². The molecule has 166 valence electrons. The fourth-order valence-corrected chi connectivity index (χ4v) is 4.12. The number of allylic oxidation sites excluding steroid dienone is 1. The van der Waals surface area contributed by atoms with E-state index in [-0.39, 0.29) is 12.1 Å². The molecule has 4 heteroatoms. The number of nitrogens with zero attached hydrogens (tertiary/aromatic N) is 1. The standard InChI is InChI=1S/C28H31NO3/c1-3-11-22-16-17-26(30-4-2)27(18-22)31-20-25-19-29(21-32-25)28(23-12-7-5-8-13-23)24-14-9-6-10-15-24/h3,5-18,25,28H,4,19-21H2,1-2H3. The summed E-state index contributed by atoms with van der Waals surface area (Å²) < 4.78 is 18.1. The molecular weight excluding hydrogens is 398 g/mol. The van der Waals surface area contributed by atoms with Crippen LogP contribution in [0.1, 0.15) is 36.6 Å². The van der Waals surface area contributed by atoms with Crippen LogP contribution >= 0.6 is 0 Å². The predicted molar refractivity (Wildman–Crippen MR) is 129 cm³/mol. The minimum Gasteiger partial charge on any atom is -0.490 e. The number of rotatable bonds is 9. The van der Waals surface area contributed by atoms with E-state index < -0.39 is 0 Å². The third-order valence-corrected chi connectivity index (χ3v) is 5.56. The molecule has 1 saturated heterocycles. The molecule has 0 N–H and O–H groups in total. The molecule has 1 unspecified atom stereocenters. The molecule has 1 heterocycles. The highest BCUT2D eigenvalue weighted by atomic mass is 16.6. The van der Waals surface area contributed by atoms with Crippen LogP contribution < -0.4 is 9.47 Å². The number of benzene rings is 3. The second kappa shape index (κ2) is 11.0. The van der Waals surface area contributed by atoms with Crippen LogP contribution in [0.5, 0.6) is 11.5 Å². The first-order valence-corrected chi connectivity index (χ1v) is 11.3. The molecule has 0 aromatic heterocycles. The van der Waals surface area contributed by atoms with Gasteiger partial charge in [0.1, 0.15) is 19.4 Å². The third kappa shape index (κ3) is 5.39. The highest BCUT2D eigenvalue weighted by Gasteiger charge is 2.31. The maximum absolute atomic E-state index is 6.19. The Labute approximate surface area is 191 Å². The zero-order chi connectivity index (χ0) is 22.2. The van der Waals surface area contributed by atoms with Crippen molar-refractivity contribution in [1.29, 1.82) is 0 Å². The van der Waals surface area contributed by atoms with Gasteiger partial charge in [0, 0.05) is 6.54 Å². The van der Waals surface area contributed by atoms with Crippen LogP contribution in [-0.2, 0) is 4.74 Å². The van der Waals surface area contributed by atoms with Crippen molar-refractivity contribution in [1.82, 2.24) is 4.90 Å². The van der Waals surface area contributed by atoms with Gasteiger partial charge < -0.3 is 14.2 Å².